The van der Waals surface area contributed by atoms with Crippen molar-refractivity contribution >= 4 is 23.6 Å². The number of hydrogen-bond acceptors (Lipinski definition) is 8. The fraction of sp³-hybridized carbons (Fsp3) is 0.417. The Bertz CT molecular complexity index is 1020. The lowest BCUT2D eigenvalue weighted by Crippen LogP contribution is -2.20. The van der Waals surface area contributed by atoms with Crippen LogP contribution >= 0.6 is 11.6 Å². The quantitative estimate of drug-likeness (QED) is 0.531. The molecule has 2 aromatic rings. The molecule has 196 valence electrons. The van der Waals surface area contributed by atoms with Crippen LogP contribution in [0.1, 0.15) is 26.7 Å². The summed E-state index contributed by atoms with van der Waals surface area (Å²) in [4.78, 5) is 8.16. The Kier molecular flexibility index (Phi) is 9.51. The normalized spacial score (nSPS) is 20.2. The first-order valence-electron chi connectivity index (χ1n) is 11.2. The van der Waals surface area contributed by atoms with Gasteiger partial charge in [0.15, 0.2) is 11.6 Å². The van der Waals surface area contributed by atoms with E-state index in [0.717, 1.165) is 12.1 Å². The lowest BCUT2D eigenvalue weighted by atomic mass is 10.1. The zero-order chi connectivity index (χ0) is 26.2. The number of rotatable bonds is 8. The molecule has 0 bridgehead atoms. The lowest BCUT2D eigenvalue weighted by Gasteiger charge is -2.16. The van der Waals surface area contributed by atoms with E-state index >= 15 is 0 Å². The van der Waals surface area contributed by atoms with Crippen LogP contribution in [0.3, 0.4) is 0 Å². The molecule has 0 saturated heterocycles. The number of hydrogen-bond donors (Lipinski definition) is 2. The van der Waals surface area contributed by atoms with Crippen LogP contribution in [0.4, 0.5) is 13.2 Å². The zero-order valence-electron chi connectivity index (χ0n) is 19.8. The molecule has 4 atom stereocenters. The van der Waals surface area contributed by atoms with E-state index in [0.29, 0.717) is 31.8 Å². The molecule has 2 heterocycles. The van der Waals surface area contributed by atoms with Crippen molar-refractivity contribution in [1.29, 1.82) is 0 Å². The molecule has 12 heteroatoms. The maximum Gasteiger partial charge on any atom is 0.282 e. The van der Waals surface area contributed by atoms with E-state index in [4.69, 9.17) is 42.0 Å². The van der Waals surface area contributed by atoms with Crippen molar-refractivity contribution < 1.29 is 32.1 Å². The summed E-state index contributed by atoms with van der Waals surface area (Å²) in [6.07, 6.45) is 0.942. The molecule has 4 rings (SSSR count). The van der Waals surface area contributed by atoms with Gasteiger partial charge < -0.3 is 30.4 Å². The van der Waals surface area contributed by atoms with Crippen LogP contribution in [0.25, 0.3) is 0 Å². The number of nitrogens with zero attached hydrogens (tertiary/aromatic N) is 2. The number of halogens is 4. The summed E-state index contributed by atoms with van der Waals surface area (Å²) in [6, 6.07) is 8.14. The van der Waals surface area contributed by atoms with Crippen molar-refractivity contribution in [2.75, 3.05) is 13.2 Å². The highest BCUT2D eigenvalue weighted by molar-refractivity contribution is 6.30. The summed E-state index contributed by atoms with van der Waals surface area (Å²) in [5.74, 6) is -1.58. The molecule has 4 N–H and O–H groups in total. The van der Waals surface area contributed by atoms with Gasteiger partial charge in [0, 0.05) is 25.0 Å². The van der Waals surface area contributed by atoms with Gasteiger partial charge >= 0.3 is 0 Å². The molecular weight excluding hydrogens is 501 g/mol. The summed E-state index contributed by atoms with van der Waals surface area (Å²) in [5, 5.41) is 0.0802. The van der Waals surface area contributed by atoms with Gasteiger partial charge in [0.2, 0.25) is 0 Å². The number of aliphatic imine (C=N–C) groups is 2. The predicted octanol–water partition coefficient (Wildman–Crippen LogP) is 4.19. The maximum absolute atomic E-state index is 13.2. The monoisotopic (exact) mass is 528 g/mol. The van der Waals surface area contributed by atoms with E-state index in [2.05, 4.69) is 9.98 Å². The Morgan fingerprint density at radius 3 is 1.72 bits per heavy atom. The summed E-state index contributed by atoms with van der Waals surface area (Å²) < 4.78 is 60.0. The first kappa shape index (κ1) is 27.3. The number of nitrogens with two attached hydrogens (primary N) is 2. The molecule has 2 aliphatic rings. The Labute approximate surface area is 212 Å². The van der Waals surface area contributed by atoms with Crippen molar-refractivity contribution in [1.82, 2.24) is 0 Å². The molecule has 0 aliphatic carbocycles. The fourth-order valence-corrected chi connectivity index (χ4v) is 3.66. The van der Waals surface area contributed by atoms with Crippen LogP contribution in [0, 0.1) is 17.5 Å². The van der Waals surface area contributed by atoms with E-state index < -0.39 is 17.5 Å². The Morgan fingerprint density at radius 1 is 0.833 bits per heavy atom. The third-order valence-corrected chi connectivity index (χ3v) is 5.44. The average Bonchev–Trinajstić information content (AvgIpc) is 3.41. The van der Waals surface area contributed by atoms with Crippen molar-refractivity contribution in [3.05, 3.63) is 58.9 Å². The van der Waals surface area contributed by atoms with Gasteiger partial charge in [0.25, 0.3) is 12.0 Å². The van der Waals surface area contributed by atoms with Crippen LogP contribution < -0.4 is 20.9 Å². The highest BCUT2D eigenvalue weighted by Gasteiger charge is 2.21. The summed E-state index contributed by atoms with van der Waals surface area (Å²) in [7, 11) is 0. The molecule has 0 fully saturated rings. The molecule has 0 spiro atoms. The molecule has 0 unspecified atom stereocenters. The van der Waals surface area contributed by atoms with E-state index in [9.17, 15) is 13.2 Å². The van der Waals surface area contributed by atoms with Gasteiger partial charge in [-0.05, 0) is 38.1 Å². The molecule has 0 amide bonds. The second-order valence-electron chi connectivity index (χ2n) is 8.34. The van der Waals surface area contributed by atoms with Crippen LogP contribution in [-0.4, -0.2) is 49.5 Å². The van der Waals surface area contributed by atoms with Gasteiger partial charge in [-0.15, -0.1) is 0 Å². The van der Waals surface area contributed by atoms with Crippen molar-refractivity contribution in [2.24, 2.45) is 21.5 Å². The van der Waals surface area contributed by atoms with Gasteiger partial charge in [-0.2, -0.15) is 0 Å². The zero-order valence-corrected chi connectivity index (χ0v) is 20.6. The minimum Gasteiger partial charge on any atom is -0.491 e. The standard InChI is InChI=1S/C12H14ClFN2O2.C12H14F2N2O2/c2*1-7(4-8-6-17-12(15)16-8)18-9-2-3-10(13)11(14)5-9/h2*2-3,5,7-8H,4,6H2,1H3,(H2,15,16)/t2*7-,8-/m00/s1. The first-order valence-corrected chi connectivity index (χ1v) is 11.6. The fourth-order valence-electron chi connectivity index (χ4n) is 3.54. The molecule has 2 aromatic carbocycles. The van der Waals surface area contributed by atoms with Gasteiger partial charge in [0.1, 0.15) is 30.5 Å². The summed E-state index contributed by atoms with van der Waals surface area (Å²) in [5.41, 5.74) is 10.8. The van der Waals surface area contributed by atoms with E-state index in [1.807, 2.05) is 13.8 Å². The van der Waals surface area contributed by atoms with E-state index in [-0.39, 0.29) is 47.1 Å². The summed E-state index contributed by atoms with van der Waals surface area (Å²) >= 11 is 5.59. The number of amidine groups is 2. The van der Waals surface area contributed by atoms with Crippen molar-refractivity contribution in [3.8, 4) is 11.5 Å². The summed E-state index contributed by atoms with van der Waals surface area (Å²) in [6.45, 7) is 4.60. The van der Waals surface area contributed by atoms with Gasteiger partial charge in [-0.1, -0.05) is 11.6 Å². The highest BCUT2D eigenvalue weighted by atomic mass is 35.5. The van der Waals surface area contributed by atoms with Crippen LogP contribution in [0.5, 0.6) is 11.5 Å². The Morgan fingerprint density at radius 2 is 1.31 bits per heavy atom. The molecule has 0 radical (unpaired) electrons. The molecule has 0 aromatic heterocycles. The smallest absolute Gasteiger partial charge is 0.282 e. The minimum atomic E-state index is -0.925. The Hall–Kier alpha value is -3.34. The second kappa shape index (κ2) is 12.6. The minimum absolute atomic E-state index is 0.00264. The van der Waals surface area contributed by atoms with Gasteiger partial charge in [0.05, 0.1) is 29.3 Å². The number of ether oxygens (including phenoxy) is 4. The van der Waals surface area contributed by atoms with Crippen LogP contribution in [0.2, 0.25) is 5.02 Å². The Balaban J connectivity index is 0.000000201. The lowest BCUT2D eigenvalue weighted by molar-refractivity contribution is 0.188. The number of benzene rings is 2. The van der Waals surface area contributed by atoms with E-state index in [1.165, 1.54) is 18.2 Å². The first-order chi connectivity index (χ1) is 17.1. The van der Waals surface area contributed by atoms with Crippen LogP contribution in [0.15, 0.2) is 46.4 Å². The maximum atomic E-state index is 13.2. The third kappa shape index (κ3) is 8.40. The molecular formula is C24H28ClF3N4O4. The molecule has 0 saturated carbocycles. The molecule has 2 aliphatic heterocycles. The second-order valence-corrected chi connectivity index (χ2v) is 8.75. The van der Waals surface area contributed by atoms with Gasteiger partial charge in [-0.25, -0.2) is 23.2 Å². The third-order valence-electron chi connectivity index (χ3n) is 5.13. The van der Waals surface area contributed by atoms with E-state index in [1.54, 1.807) is 6.07 Å². The predicted molar refractivity (Wildman–Crippen MR) is 130 cm³/mol. The highest BCUT2D eigenvalue weighted by Crippen LogP contribution is 2.23. The molecule has 8 nitrogen and oxygen atoms in total. The van der Waals surface area contributed by atoms with Crippen molar-refractivity contribution in [2.45, 2.75) is 51.0 Å². The van der Waals surface area contributed by atoms with Crippen LogP contribution in [-0.2, 0) is 9.47 Å². The largest absolute Gasteiger partial charge is 0.491 e. The molecule has 36 heavy (non-hydrogen) atoms. The van der Waals surface area contributed by atoms with Gasteiger partial charge in [-0.3, -0.25) is 0 Å². The SMILES string of the molecule is C[C@@H](C[C@H]1COC(N)=N1)Oc1ccc(Cl)c(F)c1.C[C@@H](C[C@H]1COC(N)=N1)Oc1ccc(F)c(F)c1. The van der Waals surface area contributed by atoms with Crippen molar-refractivity contribution in [3.63, 3.8) is 0 Å². The average molecular weight is 529 g/mol. The topological polar surface area (TPSA) is 114 Å².